The summed E-state index contributed by atoms with van der Waals surface area (Å²) >= 11 is 0. The SMILES string of the molecule is CCOC(=O)[C@H](C)N[P@@](=O)(Oc1ccccc1)OC1C23OC(OCC)O[C@H]2[C@H](c2ccc4c(N)ncnn24)O[C@]13C. The summed E-state index contributed by atoms with van der Waals surface area (Å²) in [4.78, 5) is 16.5. The van der Waals surface area contributed by atoms with Crippen molar-refractivity contribution in [2.45, 2.75) is 69.7 Å². The van der Waals surface area contributed by atoms with Gasteiger partial charge in [0.15, 0.2) is 11.4 Å². The Kier molecular flexibility index (Phi) is 7.05. The number of para-hydroxylation sites is 1. The smallest absolute Gasteiger partial charge is 0.459 e. The molecule has 2 saturated heterocycles. The number of rotatable bonds is 11. The minimum absolute atomic E-state index is 0.158. The van der Waals surface area contributed by atoms with E-state index in [1.807, 2.05) is 13.0 Å². The maximum Gasteiger partial charge on any atom is 0.459 e. The van der Waals surface area contributed by atoms with Crippen LogP contribution < -0.4 is 15.3 Å². The molecule has 2 aliphatic heterocycles. The lowest BCUT2D eigenvalue weighted by Crippen LogP contribution is -2.37. The molecular weight excluding hydrogens is 557 g/mol. The summed E-state index contributed by atoms with van der Waals surface area (Å²) in [5.74, 6) is -0.0233. The van der Waals surface area contributed by atoms with Gasteiger partial charge in [0.2, 0.25) is 0 Å². The second kappa shape index (κ2) is 10.3. The van der Waals surface area contributed by atoms with Crippen molar-refractivity contribution >= 4 is 25.1 Å². The minimum Gasteiger partial charge on any atom is -0.465 e. The van der Waals surface area contributed by atoms with E-state index in [4.69, 9.17) is 38.5 Å². The van der Waals surface area contributed by atoms with Gasteiger partial charge in [0.05, 0.1) is 12.3 Å². The van der Waals surface area contributed by atoms with Gasteiger partial charge in [-0.25, -0.2) is 14.1 Å². The van der Waals surface area contributed by atoms with E-state index in [0.29, 0.717) is 23.6 Å². The first-order valence-electron chi connectivity index (χ1n) is 13.3. The molecule has 1 aromatic carbocycles. The molecule has 15 heteroatoms. The summed E-state index contributed by atoms with van der Waals surface area (Å²) in [6.45, 7) is 6.26. The van der Waals surface area contributed by atoms with E-state index in [-0.39, 0.29) is 12.4 Å². The molecule has 41 heavy (non-hydrogen) atoms. The highest BCUT2D eigenvalue weighted by molar-refractivity contribution is 7.52. The van der Waals surface area contributed by atoms with Gasteiger partial charge in [-0.3, -0.25) is 9.32 Å². The number of nitrogens with one attached hydrogen (secondary N) is 1. The number of aromatic nitrogens is 3. The number of nitrogens with two attached hydrogens (primary N) is 1. The average Bonchev–Trinajstić information content (AvgIpc) is 3.39. The molecule has 0 amide bonds. The highest BCUT2D eigenvalue weighted by Crippen LogP contribution is 2.73. The van der Waals surface area contributed by atoms with Crippen LogP contribution >= 0.6 is 7.75 Å². The number of esters is 1. The van der Waals surface area contributed by atoms with Gasteiger partial charge >= 0.3 is 13.7 Å². The van der Waals surface area contributed by atoms with Crippen LogP contribution in [0.3, 0.4) is 0 Å². The molecule has 1 saturated carbocycles. The molecule has 2 aromatic heterocycles. The summed E-state index contributed by atoms with van der Waals surface area (Å²) in [5.41, 5.74) is 4.95. The fraction of sp³-hybridized carbons (Fsp3) is 0.500. The minimum atomic E-state index is -4.23. The van der Waals surface area contributed by atoms with Crippen LogP contribution in [0.5, 0.6) is 5.75 Å². The van der Waals surface area contributed by atoms with E-state index < -0.39 is 55.7 Å². The molecule has 14 nitrogen and oxygen atoms in total. The second-order valence-corrected chi connectivity index (χ2v) is 11.7. The predicted molar refractivity (Wildman–Crippen MR) is 143 cm³/mol. The summed E-state index contributed by atoms with van der Waals surface area (Å²) in [7, 11) is -4.23. The average molecular weight is 590 g/mol. The first-order valence-corrected chi connectivity index (χ1v) is 14.9. The Hall–Kier alpha value is -3.10. The number of benzene rings is 1. The van der Waals surface area contributed by atoms with Crippen LogP contribution in [-0.4, -0.2) is 69.7 Å². The Morgan fingerprint density at radius 1 is 1.20 bits per heavy atom. The standard InChI is InChI=1S/C26H32N5O9P/c1-5-34-22(32)15(3)30-41(33,39-16-10-8-7-9-11-16)40-23-25(4)26(23)20(36-24(38-26)35-6-2)19(37-25)17-12-13-18-21(27)28-14-29-31(17)18/h7-15,19-20,23-24H,5-6H2,1-4H3,(H,30,33)(H2,27,28,29)/t15-,19-,20-,23?,24?,25+,26?,41+/m0/s1. The molecule has 3 fully saturated rings. The lowest BCUT2D eigenvalue weighted by molar-refractivity contribution is -0.260. The highest BCUT2D eigenvalue weighted by Gasteiger charge is 2.92. The highest BCUT2D eigenvalue weighted by atomic mass is 31.2. The maximum absolute atomic E-state index is 14.3. The third kappa shape index (κ3) is 4.50. The topological polar surface area (TPSA) is 167 Å². The van der Waals surface area contributed by atoms with Crippen LogP contribution in [0, 0.1) is 0 Å². The molecule has 3 N–H and O–H groups in total. The largest absolute Gasteiger partial charge is 0.465 e. The van der Waals surface area contributed by atoms with Crippen molar-refractivity contribution in [1.29, 1.82) is 0 Å². The van der Waals surface area contributed by atoms with Crippen LogP contribution in [0.2, 0.25) is 0 Å². The molecule has 4 heterocycles. The molecule has 0 radical (unpaired) electrons. The Bertz CT molecular complexity index is 1490. The predicted octanol–water partition coefficient (Wildman–Crippen LogP) is 2.74. The first kappa shape index (κ1) is 28.0. The molecule has 3 aliphatic rings. The van der Waals surface area contributed by atoms with Gasteiger partial charge in [0.25, 0.3) is 6.48 Å². The fourth-order valence-corrected chi connectivity index (χ4v) is 7.37. The Morgan fingerprint density at radius 3 is 2.71 bits per heavy atom. The third-order valence-electron chi connectivity index (χ3n) is 7.51. The number of nitrogens with zero attached hydrogens (tertiary/aromatic N) is 3. The van der Waals surface area contributed by atoms with Crippen molar-refractivity contribution in [2.75, 3.05) is 18.9 Å². The summed E-state index contributed by atoms with van der Waals surface area (Å²) in [6, 6.07) is 11.1. The van der Waals surface area contributed by atoms with Crippen molar-refractivity contribution in [2.24, 2.45) is 0 Å². The Morgan fingerprint density at radius 2 is 1.98 bits per heavy atom. The van der Waals surface area contributed by atoms with Crippen molar-refractivity contribution < 1.29 is 42.1 Å². The molecular formula is C26H32N5O9P. The number of hydrogen-bond acceptors (Lipinski definition) is 12. The van der Waals surface area contributed by atoms with Gasteiger partial charge in [0.1, 0.15) is 47.5 Å². The first-order chi connectivity index (χ1) is 19.7. The number of hydrogen-bond donors (Lipinski definition) is 2. The van der Waals surface area contributed by atoms with Crippen molar-refractivity contribution in [1.82, 2.24) is 19.7 Å². The van der Waals surface area contributed by atoms with Crippen LogP contribution in [0.4, 0.5) is 5.82 Å². The van der Waals surface area contributed by atoms with E-state index >= 15 is 0 Å². The summed E-state index contributed by atoms with van der Waals surface area (Å²) in [5, 5.41) is 7.04. The summed E-state index contributed by atoms with van der Waals surface area (Å²) in [6.07, 6.45) is -0.976. The zero-order valence-corrected chi connectivity index (χ0v) is 23.9. The van der Waals surface area contributed by atoms with Gasteiger partial charge in [-0.2, -0.15) is 10.2 Å². The molecule has 3 aromatic rings. The summed E-state index contributed by atoms with van der Waals surface area (Å²) < 4.78 is 57.7. The van der Waals surface area contributed by atoms with E-state index in [9.17, 15) is 9.36 Å². The lowest BCUT2D eigenvalue weighted by Gasteiger charge is -2.27. The molecule has 220 valence electrons. The number of anilines is 1. The Labute approximate surface area is 235 Å². The van der Waals surface area contributed by atoms with E-state index in [1.165, 1.54) is 13.3 Å². The molecule has 8 atom stereocenters. The van der Waals surface area contributed by atoms with Gasteiger partial charge in [-0.15, -0.1) is 0 Å². The van der Waals surface area contributed by atoms with E-state index in [2.05, 4.69) is 15.2 Å². The van der Waals surface area contributed by atoms with Crippen LogP contribution in [-0.2, 0) is 37.6 Å². The van der Waals surface area contributed by atoms with Crippen LogP contribution in [0.25, 0.3) is 5.52 Å². The molecule has 6 rings (SSSR count). The van der Waals surface area contributed by atoms with Gasteiger partial charge in [0, 0.05) is 6.61 Å². The molecule has 0 bridgehead atoms. The number of carbonyl (C=O) groups excluding carboxylic acids is 1. The fourth-order valence-electron chi connectivity index (χ4n) is 5.60. The van der Waals surface area contributed by atoms with Crippen molar-refractivity contribution in [3.63, 3.8) is 0 Å². The van der Waals surface area contributed by atoms with Crippen LogP contribution in [0.15, 0.2) is 48.8 Å². The van der Waals surface area contributed by atoms with Crippen LogP contribution in [0.1, 0.15) is 39.5 Å². The molecule has 1 aliphatic carbocycles. The number of fused-ring (bicyclic) bond motifs is 1. The molecule has 1 spiro atoms. The second-order valence-electron chi connectivity index (χ2n) is 10.0. The number of carbonyl (C=O) groups is 1. The monoisotopic (exact) mass is 589 g/mol. The van der Waals surface area contributed by atoms with E-state index in [1.54, 1.807) is 54.8 Å². The zero-order valence-electron chi connectivity index (χ0n) is 23.0. The lowest BCUT2D eigenvalue weighted by atomic mass is 10.0. The van der Waals surface area contributed by atoms with E-state index in [0.717, 1.165) is 0 Å². The third-order valence-corrected chi connectivity index (χ3v) is 9.15. The number of nitrogen functional groups attached to an aromatic ring is 1. The Balaban J connectivity index is 1.32. The molecule has 3 unspecified atom stereocenters. The number of ether oxygens (including phenoxy) is 5. The van der Waals surface area contributed by atoms with Gasteiger partial charge in [-0.05, 0) is 52.0 Å². The van der Waals surface area contributed by atoms with Crippen molar-refractivity contribution in [3.05, 3.63) is 54.5 Å². The normalized spacial score (nSPS) is 32.2. The van der Waals surface area contributed by atoms with Gasteiger partial charge in [-0.1, -0.05) is 18.2 Å². The van der Waals surface area contributed by atoms with Crippen molar-refractivity contribution in [3.8, 4) is 5.75 Å². The van der Waals surface area contributed by atoms with Gasteiger partial charge < -0.3 is 33.9 Å². The quantitative estimate of drug-likeness (QED) is 0.248. The maximum atomic E-state index is 14.3. The zero-order chi connectivity index (χ0) is 29.0.